The van der Waals surface area contributed by atoms with Gasteiger partial charge in [-0.1, -0.05) is 6.07 Å². The Morgan fingerprint density at radius 1 is 0.964 bits per heavy atom. The van der Waals surface area contributed by atoms with Crippen molar-refractivity contribution in [3.63, 3.8) is 0 Å². The molecule has 7 heterocycles. The minimum absolute atomic E-state index is 0.134. The lowest BCUT2D eigenvalue weighted by molar-refractivity contribution is -0.132. The number of aromatic nitrogens is 6. The van der Waals surface area contributed by atoms with E-state index < -0.39 is 23.8 Å². The SMILES string of the molecule is CO[C@H]1CN(C)C(=O)[C@@H]2CC(CN2c2c(C)c(=O)n3c4c2cnn4-c2ccc(F)cc2OCCCC3)Nc2cccc(n2)-c2cc(F)cc3nc(C)n(c23)C1. The topological polar surface area (TPSA) is 125 Å². The highest BCUT2D eigenvalue weighted by Crippen LogP contribution is 2.38. The molecule has 3 atom stereocenters. The van der Waals surface area contributed by atoms with E-state index >= 15 is 4.39 Å². The number of pyridine rings is 2. The summed E-state index contributed by atoms with van der Waals surface area (Å²) in [5.41, 5.74) is 4.42. The van der Waals surface area contributed by atoms with E-state index in [0.29, 0.717) is 108 Å². The number of fused-ring (bicyclic) bond motifs is 7. The zero-order chi connectivity index (χ0) is 38.1. The molecule has 9 rings (SSSR count). The number of hydrogen-bond donors (Lipinski definition) is 1. The van der Waals surface area contributed by atoms with Gasteiger partial charge in [0.2, 0.25) is 5.91 Å². The maximum absolute atomic E-state index is 15.1. The molecule has 1 fully saturated rings. The lowest BCUT2D eigenvalue weighted by atomic mass is 10.1. The average molecular weight is 750 g/mol. The molecule has 15 heteroatoms. The van der Waals surface area contributed by atoms with E-state index in [-0.39, 0.29) is 24.1 Å². The molecule has 3 aliphatic heterocycles. The maximum atomic E-state index is 15.1. The van der Waals surface area contributed by atoms with Crippen molar-refractivity contribution in [1.82, 2.24) is 33.8 Å². The molecule has 3 aliphatic rings. The van der Waals surface area contributed by atoms with Crippen LogP contribution in [-0.4, -0.2) is 91.7 Å². The first-order valence-electron chi connectivity index (χ1n) is 18.6. The molecule has 1 saturated heterocycles. The number of aryl methyl sites for hydroxylation is 2. The van der Waals surface area contributed by atoms with Crippen LogP contribution in [0.15, 0.2) is 59.5 Å². The molecule has 1 N–H and O–H groups in total. The van der Waals surface area contributed by atoms with Crippen LogP contribution < -0.4 is 20.5 Å². The monoisotopic (exact) mass is 749 g/mol. The van der Waals surface area contributed by atoms with Gasteiger partial charge in [-0.25, -0.2) is 23.4 Å². The first-order valence-corrected chi connectivity index (χ1v) is 18.6. The summed E-state index contributed by atoms with van der Waals surface area (Å²) in [5, 5.41) is 9.02. The van der Waals surface area contributed by atoms with Crippen molar-refractivity contribution in [2.45, 2.75) is 64.4 Å². The van der Waals surface area contributed by atoms with E-state index in [0.717, 1.165) is 5.52 Å². The molecular formula is C40H41F2N9O4. The van der Waals surface area contributed by atoms with Gasteiger partial charge >= 0.3 is 0 Å². The summed E-state index contributed by atoms with van der Waals surface area (Å²) in [7, 11) is 3.38. The summed E-state index contributed by atoms with van der Waals surface area (Å²) in [5.74, 6) is 0.597. The van der Waals surface area contributed by atoms with Gasteiger partial charge in [0.15, 0.2) is 0 Å². The first-order chi connectivity index (χ1) is 26.6. The van der Waals surface area contributed by atoms with Crippen molar-refractivity contribution in [3.8, 4) is 22.7 Å². The van der Waals surface area contributed by atoms with Crippen LogP contribution in [0, 0.1) is 25.5 Å². The van der Waals surface area contributed by atoms with Gasteiger partial charge in [0, 0.05) is 63.1 Å². The molecule has 13 nitrogen and oxygen atoms in total. The molecule has 0 aliphatic carbocycles. The van der Waals surface area contributed by atoms with Crippen LogP contribution in [-0.2, 0) is 22.6 Å². The minimum atomic E-state index is -0.662. The number of nitrogens with zero attached hydrogens (tertiary/aromatic N) is 8. The van der Waals surface area contributed by atoms with E-state index in [9.17, 15) is 14.0 Å². The van der Waals surface area contributed by atoms with E-state index in [1.54, 1.807) is 47.5 Å². The highest BCUT2D eigenvalue weighted by Gasteiger charge is 2.41. The summed E-state index contributed by atoms with van der Waals surface area (Å²) in [6.45, 7) is 5.48. The first kappa shape index (κ1) is 34.9. The molecule has 0 spiro atoms. The number of imidazole rings is 1. The van der Waals surface area contributed by atoms with Gasteiger partial charge in [-0.05, 0) is 63.4 Å². The fourth-order valence-electron chi connectivity index (χ4n) is 8.58. The number of anilines is 2. The Labute approximate surface area is 315 Å². The maximum Gasteiger partial charge on any atom is 0.257 e. The number of carbonyl (C=O) groups is 1. The summed E-state index contributed by atoms with van der Waals surface area (Å²) in [6, 6.07) is 11.9. The summed E-state index contributed by atoms with van der Waals surface area (Å²) < 4.78 is 46.9. The van der Waals surface area contributed by atoms with Crippen LogP contribution in [0.5, 0.6) is 5.75 Å². The van der Waals surface area contributed by atoms with Gasteiger partial charge in [0.1, 0.15) is 46.4 Å². The predicted molar refractivity (Wildman–Crippen MR) is 204 cm³/mol. The highest BCUT2D eigenvalue weighted by atomic mass is 19.1. The Balaban J connectivity index is 1.19. The molecular weight excluding hydrogens is 708 g/mol. The number of halogens is 2. The quantitative estimate of drug-likeness (QED) is 0.254. The smallest absolute Gasteiger partial charge is 0.257 e. The molecule has 6 aromatic rings. The van der Waals surface area contributed by atoms with Crippen LogP contribution in [0.3, 0.4) is 0 Å². The number of hydrogen-bond acceptors (Lipinski definition) is 9. The third kappa shape index (κ3) is 5.88. The van der Waals surface area contributed by atoms with Gasteiger partial charge < -0.3 is 29.2 Å². The van der Waals surface area contributed by atoms with Crippen molar-refractivity contribution < 1.29 is 23.0 Å². The van der Waals surface area contributed by atoms with Gasteiger partial charge in [-0.3, -0.25) is 14.2 Å². The zero-order valence-corrected chi connectivity index (χ0v) is 31.1. The third-order valence-electron chi connectivity index (χ3n) is 11.2. The zero-order valence-electron chi connectivity index (χ0n) is 31.1. The van der Waals surface area contributed by atoms with Crippen molar-refractivity contribution >= 4 is 39.5 Å². The van der Waals surface area contributed by atoms with Gasteiger partial charge in [0.05, 0.1) is 53.3 Å². The van der Waals surface area contributed by atoms with Crippen LogP contribution in [0.25, 0.3) is 39.0 Å². The number of rotatable bonds is 2. The predicted octanol–water partition coefficient (Wildman–Crippen LogP) is 5.21. The van der Waals surface area contributed by atoms with E-state index in [1.807, 2.05) is 34.6 Å². The van der Waals surface area contributed by atoms with E-state index in [1.165, 1.54) is 24.3 Å². The second-order valence-electron chi connectivity index (χ2n) is 14.7. The summed E-state index contributed by atoms with van der Waals surface area (Å²) >= 11 is 0. The summed E-state index contributed by atoms with van der Waals surface area (Å²) in [4.78, 5) is 42.5. The van der Waals surface area contributed by atoms with Crippen LogP contribution >= 0.6 is 0 Å². The van der Waals surface area contributed by atoms with Crippen molar-refractivity contribution in [2.75, 3.05) is 44.1 Å². The van der Waals surface area contributed by atoms with E-state index in [4.69, 9.17) is 19.6 Å². The van der Waals surface area contributed by atoms with Gasteiger partial charge in [0.25, 0.3) is 5.56 Å². The fourth-order valence-corrected chi connectivity index (χ4v) is 8.58. The standard InChI is InChI=1S/C40H41F2N9O4/c1-22-36(29-18-43-51-32-11-10-24(41)16-34(32)55-13-6-5-12-48(38(29)51)39(22)52)50-19-26-17-33(50)40(53)47(3)20-27(54-4)21-49-23(2)44-31-15-25(42)14-28(37(31)49)30-8-7-9-35(45-26)46-30/h7-11,14-16,18,26-27,33H,5-6,12-13,17,19-21H2,1-4H3,(H,45,46)/t26?,27-,33-/m0/s1. The number of benzene rings is 2. The third-order valence-corrected chi connectivity index (χ3v) is 11.2. The molecule has 1 amide bonds. The number of nitrogens with one attached hydrogen (secondary N) is 1. The Morgan fingerprint density at radius 2 is 1.82 bits per heavy atom. The van der Waals surface area contributed by atoms with Crippen LogP contribution in [0.1, 0.15) is 30.7 Å². The Morgan fingerprint density at radius 3 is 2.65 bits per heavy atom. The lowest BCUT2D eigenvalue weighted by Crippen LogP contribution is -2.47. The number of ether oxygens (including phenoxy) is 2. The van der Waals surface area contributed by atoms with Gasteiger partial charge in [-0.15, -0.1) is 0 Å². The average Bonchev–Trinajstić information content (AvgIpc) is 3.87. The van der Waals surface area contributed by atoms with Crippen LogP contribution in [0.4, 0.5) is 20.3 Å². The summed E-state index contributed by atoms with van der Waals surface area (Å²) in [6.07, 6.45) is 3.03. The largest absolute Gasteiger partial charge is 0.491 e. The molecule has 4 aromatic heterocycles. The molecule has 55 heavy (non-hydrogen) atoms. The van der Waals surface area contributed by atoms with Crippen LogP contribution in [0.2, 0.25) is 0 Å². The second kappa shape index (κ2) is 13.5. The molecule has 1 unspecified atom stereocenters. The fraction of sp³-hybridized carbons (Fsp3) is 0.375. The number of methoxy groups -OCH3 is 1. The molecule has 0 saturated carbocycles. The molecule has 4 bridgehead atoms. The lowest BCUT2D eigenvalue weighted by Gasteiger charge is -2.32. The van der Waals surface area contributed by atoms with E-state index in [2.05, 4.69) is 10.3 Å². The van der Waals surface area contributed by atoms with Crippen molar-refractivity contribution in [2.24, 2.45) is 0 Å². The minimum Gasteiger partial charge on any atom is -0.491 e. The number of amides is 1. The molecule has 284 valence electrons. The van der Waals surface area contributed by atoms with Crippen molar-refractivity contribution in [3.05, 3.63) is 88.1 Å². The molecule has 0 radical (unpaired) electrons. The Hall–Kier alpha value is -5.83. The second-order valence-corrected chi connectivity index (χ2v) is 14.7. The normalized spacial score (nSPS) is 20.2. The van der Waals surface area contributed by atoms with Crippen molar-refractivity contribution in [1.29, 1.82) is 0 Å². The Kier molecular flexibility index (Phi) is 8.56. The number of likely N-dealkylation sites (N-methyl/N-ethyl adjacent to an activating group) is 1. The molecule has 2 aromatic carbocycles. The number of carbonyl (C=O) groups excluding carboxylic acids is 1. The Bertz CT molecular complexity index is 2560. The van der Waals surface area contributed by atoms with Gasteiger partial charge in [-0.2, -0.15) is 5.10 Å². The highest BCUT2D eigenvalue weighted by molar-refractivity contribution is 5.96.